The van der Waals surface area contributed by atoms with Gasteiger partial charge in [-0.3, -0.25) is 4.79 Å². The minimum atomic E-state index is -1.10. The molecule has 5 nitrogen and oxygen atoms in total. The van der Waals surface area contributed by atoms with Gasteiger partial charge in [0.05, 0.1) is 11.6 Å². The fourth-order valence-corrected chi connectivity index (χ4v) is 3.17. The van der Waals surface area contributed by atoms with E-state index in [0.717, 1.165) is 24.7 Å². The van der Waals surface area contributed by atoms with Crippen LogP contribution in [0.5, 0.6) is 0 Å². The molecule has 2 heterocycles. The first-order valence-corrected chi connectivity index (χ1v) is 7.68. The number of likely N-dealkylation sites (tertiary alicyclic amines) is 1. The second kappa shape index (κ2) is 5.91. The van der Waals surface area contributed by atoms with E-state index in [1.54, 1.807) is 4.90 Å². The standard InChI is InChI=1S/C18H19NO4/c1-11-5-3-6-14(12(11)2)15-7-4-8-19(15)17(20)16-9-13(10-23-16)18(21)22/h3,5-6,9-10,15H,4,7-8H2,1-2H3,(H,21,22). The van der Waals surface area contributed by atoms with Crippen LogP contribution in [-0.4, -0.2) is 28.4 Å². The summed E-state index contributed by atoms with van der Waals surface area (Å²) in [4.78, 5) is 25.4. The predicted molar refractivity (Wildman–Crippen MR) is 84.6 cm³/mol. The van der Waals surface area contributed by atoms with Gasteiger partial charge in [0.1, 0.15) is 6.26 Å². The molecule has 1 saturated heterocycles. The third kappa shape index (κ3) is 2.74. The van der Waals surface area contributed by atoms with Gasteiger partial charge in [-0.2, -0.15) is 0 Å². The zero-order valence-corrected chi connectivity index (χ0v) is 13.2. The summed E-state index contributed by atoms with van der Waals surface area (Å²) < 4.78 is 5.17. The third-order valence-electron chi connectivity index (χ3n) is 4.58. The Balaban J connectivity index is 1.90. The first-order chi connectivity index (χ1) is 11.0. The molecule has 1 fully saturated rings. The monoisotopic (exact) mass is 313 g/mol. The largest absolute Gasteiger partial charge is 0.478 e. The van der Waals surface area contributed by atoms with Crippen molar-refractivity contribution in [2.24, 2.45) is 0 Å². The second-order valence-corrected chi connectivity index (χ2v) is 5.95. The minimum Gasteiger partial charge on any atom is -0.478 e. The molecular weight excluding hydrogens is 294 g/mol. The molecule has 23 heavy (non-hydrogen) atoms. The highest BCUT2D eigenvalue weighted by Gasteiger charge is 2.33. The molecule has 0 radical (unpaired) electrons. The van der Waals surface area contributed by atoms with Crippen molar-refractivity contribution in [2.45, 2.75) is 32.7 Å². The number of nitrogens with zero attached hydrogens (tertiary/aromatic N) is 1. The number of carbonyl (C=O) groups excluding carboxylic acids is 1. The zero-order chi connectivity index (χ0) is 16.6. The highest BCUT2D eigenvalue weighted by molar-refractivity contribution is 5.95. The van der Waals surface area contributed by atoms with Gasteiger partial charge in [0.15, 0.2) is 5.76 Å². The number of carboxylic acids is 1. The lowest BCUT2D eigenvalue weighted by Crippen LogP contribution is -2.30. The van der Waals surface area contributed by atoms with E-state index in [9.17, 15) is 9.59 Å². The SMILES string of the molecule is Cc1cccc(C2CCCN2C(=O)c2cc(C(=O)O)co2)c1C. The van der Waals surface area contributed by atoms with Crippen molar-refractivity contribution in [1.29, 1.82) is 0 Å². The molecule has 0 aliphatic carbocycles. The predicted octanol–water partition coefficient (Wildman–Crippen LogP) is 3.57. The summed E-state index contributed by atoms with van der Waals surface area (Å²) in [7, 11) is 0. The zero-order valence-electron chi connectivity index (χ0n) is 13.2. The maximum atomic E-state index is 12.7. The van der Waals surface area contributed by atoms with Crippen LogP contribution in [0, 0.1) is 13.8 Å². The number of aryl methyl sites for hydroxylation is 1. The summed E-state index contributed by atoms with van der Waals surface area (Å²) in [6.45, 7) is 4.78. The molecule has 1 aromatic heterocycles. The molecule has 1 aliphatic rings. The van der Waals surface area contributed by atoms with Crippen LogP contribution in [0.2, 0.25) is 0 Å². The Morgan fingerprint density at radius 1 is 1.30 bits per heavy atom. The summed E-state index contributed by atoms with van der Waals surface area (Å²) in [5.74, 6) is -1.26. The molecule has 0 bridgehead atoms. The number of hydrogen-bond donors (Lipinski definition) is 1. The van der Waals surface area contributed by atoms with Gasteiger partial charge in [-0.15, -0.1) is 0 Å². The number of carbonyl (C=O) groups is 2. The van der Waals surface area contributed by atoms with Crippen LogP contribution in [0.1, 0.15) is 56.5 Å². The van der Waals surface area contributed by atoms with Crippen LogP contribution in [0.4, 0.5) is 0 Å². The van der Waals surface area contributed by atoms with E-state index in [-0.39, 0.29) is 23.3 Å². The van der Waals surface area contributed by atoms with Gasteiger partial charge in [-0.1, -0.05) is 18.2 Å². The van der Waals surface area contributed by atoms with Crippen LogP contribution in [-0.2, 0) is 0 Å². The Morgan fingerprint density at radius 2 is 2.09 bits per heavy atom. The molecule has 1 N–H and O–H groups in total. The summed E-state index contributed by atoms with van der Waals surface area (Å²) >= 11 is 0. The number of rotatable bonds is 3. The topological polar surface area (TPSA) is 70.8 Å². The van der Waals surface area contributed by atoms with Gasteiger partial charge in [0.2, 0.25) is 0 Å². The normalized spacial score (nSPS) is 17.5. The number of aromatic carboxylic acids is 1. The maximum absolute atomic E-state index is 12.7. The van der Waals surface area contributed by atoms with Gasteiger partial charge in [-0.05, 0) is 43.4 Å². The van der Waals surface area contributed by atoms with Gasteiger partial charge in [0.25, 0.3) is 5.91 Å². The Morgan fingerprint density at radius 3 is 2.78 bits per heavy atom. The molecule has 5 heteroatoms. The highest BCUT2D eigenvalue weighted by Crippen LogP contribution is 2.35. The lowest BCUT2D eigenvalue weighted by atomic mass is 9.96. The fraction of sp³-hybridized carbons (Fsp3) is 0.333. The molecule has 1 aliphatic heterocycles. The van der Waals surface area contributed by atoms with E-state index in [1.165, 1.54) is 17.2 Å². The van der Waals surface area contributed by atoms with Crippen molar-refractivity contribution in [3.63, 3.8) is 0 Å². The summed E-state index contributed by atoms with van der Waals surface area (Å²) in [6.07, 6.45) is 2.94. The summed E-state index contributed by atoms with van der Waals surface area (Å²) in [5.41, 5.74) is 3.55. The number of benzene rings is 1. The molecular formula is C18H19NO4. The van der Waals surface area contributed by atoms with Crippen molar-refractivity contribution < 1.29 is 19.1 Å². The Bertz CT molecular complexity index is 762. The number of amides is 1. The molecule has 3 rings (SSSR count). The Kier molecular flexibility index (Phi) is 3.94. The van der Waals surface area contributed by atoms with Crippen LogP contribution < -0.4 is 0 Å². The van der Waals surface area contributed by atoms with Gasteiger partial charge in [0, 0.05) is 12.6 Å². The molecule has 0 spiro atoms. The maximum Gasteiger partial charge on any atom is 0.338 e. The molecule has 0 saturated carbocycles. The van der Waals surface area contributed by atoms with E-state index < -0.39 is 5.97 Å². The van der Waals surface area contributed by atoms with Crippen LogP contribution >= 0.6 is 0 Å². The van der Waals surface area contributed by atoms with E-state index in [1.807, 2.05) is 6.07 Å². The number of furan rings is 1. The molecule has 1 amide bonds. The van der Waals surface area contributed by atoms with Gasteiger partial charge < -0.3 is 14.4 Å². The minimum absolute atomic E-state index is 0.00386. The van der Waals surface area contributed by atoms with Crippen molar-refractivity contribution in [3.05, 3.63) is 58.5 Å². The molecule has 2 aromatic rings. The van der Waals surface area contributed by atoms with Crippen molar-refractivity contribution in [1.82, 2.24) is 4.90 Å². The first-order valence-electron chi connectivity index (χ1n) is 7.68. The molecule has 1 unspecified atom stereocenters. The highest BCUT2D eigenvalue weighted by atomic mass is 16.4. The van der Waals surface area contributed by atoms with Crippen molar-refractivity contribution in [2.75, 3.05) is 6.54 Å². The molecule has 1 aromatic carbocycles. The van der Waals surface area contributed by atoms with Crippen LogP contribution in [0.3, 0.4) is 0 Å². The summed E-state index contributed by atoms with van der Waals surface area (Å²) in [5, 5.41) is 8.96. The van der Waals surface area contributed by atoms with E-state index >= 15 is 0 Å². The van der Waals surface area contributed by atoms with Crippen LogP contribution in [0.25, 0.3) is 0 Å². The van der Waals surface area contributed by atoms with E-state index in [0.29, 0.717) is 6.54 Å². The third-order valence-corrected chi connectivity index (χ3v) is 4.58. The van der Waals surface area contributed by atoms with Gasteiger partial charge in [-0.25, -0.2) is 4.79 Å². The molecule has 1 atom stereocenters. The van der Waals surface area contributed by atoms with Crippen molar-refractivity contribution >= 4 is 11.9 Å². The lowest BCUT2D eigenvalue weighted by Gasteiger charge is -2.26. The Hall–Kier alpha value is -2.56. The average molecular weight is 313 g/mol. The first kappa shape index (κ1) is 15.3. The van der Waals surface area contributed by atoms with Crippen LogP contribution in [0.15, 0.2) is 34.9 Å². The average Bonchev–Trinajstić information content (AvgIpc) is 3.18. The quantitative estimate of drug-likeness (QED) is 0.940. The summed E-state index contributed by atoms with van der Waals surface area (Å²) in [6, 6.07) is 7.44. The molecule has 120 valence electrons. The van der Waals surface area contributed by atoms with E-state index in [2.05, 4.69) is 26.0 Å². The van der Waals surface area contributed by atoms with Gasteiger partial charge >= 0.3 is 5.97 Å². The second-order valence-electron chi connectivity index (χ2n) is 5.95. The Labute approximate surface area is 134 Å². The fourth-order valence-electron chi connectivity index (χ4n) is 3.17. The number of hydrogen-bond acceptors (Lipinski definition) is 3. The number of carboxylic acid groups (broad SMARTS) is 1. The smallest absolute Gasteiger partial charge is 0.338 e. The van der Waals surface area contributed by atoms with Crippen molar-refractivity contribution in [3.8, 4) is 0 Å². The van der Waals surface area contributed by atoms with E-state index in [4.69, 9.17) is 9.52 Å². The lowest BCUT2D eigenvalue weighted by molar-refractivity contribution is 0.0690.